The average molecular weight is 963 g/mol. The quantitative estimate of drug-likeness (QED) is 0.0336. The molecule has 0 bridgehead atoms. The Labute approximate surface area is 413 Å². The molecule has 1 amide bonds. The second kappa shape index (κ2) is 26.5. The van der Waals surface area contributed by atoms with Crippen molar-refractivity contribution >= 4 is 11.9 Å². The molecule has 6 aromatic carbocycles. The second-order valence-electron chi connectivity index (χ2n) is 17.3. The van der Waals surface area contributed by atoms with Gasteiger partial charge < -0.3 is 48.3 Å². The van der Waals surface area contributed by atoms with Crippen molar-refractivity contribution in [3.63, 3.8) is 0 Å². The maximum atomic E-state index is 15.0. The fourth-order valence-corrected chi connectivity index (χ4v) is 8.72. The minimum Gasteiger partial charge on any atom is -0.479 e. The Hall–Kier alpha value is -6.75. The number of carboxylic acids is 1. The topological polar surface area (TPSA) is 189 Å². The molecule has 368 valence electrons. The smallest absolute Gasteiger partial charge is 0.335 e. The van der Waals surface area contributed by atoms with E-state index >= 15 is 4.79 Å². The van der Waals surface area contributed by atoms with Crippen LogP contribution in [0.3, 0.4) is 0 Å². The van der Waals surface area contributed by atoms with Gasteiger partial charge in [0.15, 0.2) is 12.2 Å². The van der Waals surface area contributed by atoms with Crippen LogP contribution in [0.2, 0.25) is 0 Å². The third kappa shape index (κ3) is 14.4. The van der Waals surface area contributed by atoms with E-state index < -0.39 is 72.9 Å². The summed E-state index contributed by atoms with van der Waals surface area (Å²) in [6.45, 7) is 0.233. The molecule has 2 aliphatic rings. The van der Waals surface area contributed by atoms with Crippen molar-refractivity contribution in [1.29, 1.82) is 0 Å². The van der Waals surface area contributed by atoms with Crippen molar-refractivity contribution in [3.05, 3.63) is 226 Å². The van der Waals surface area contributed by atoms with Crippen molar-refractivity contribution in [1.82, 2.24) is 5.32 Å². The number of benzene rings is 6. The summed E-state index contributed by atoms with van der Waals surface area (Å²) in [4.78, 5) is 31.3. The van der Waals surface area contributed by atoms with Crippen LogP contribution in [0, 0.1) is 0 Å². The Morgan fingerprint density at radius 3 is 1.08 bits per heavy atom. The highest BCUT2D eigenvalue weighted by atomic mass is 16.6. The summed E-state index contributed by atoms with van der Waals surface area (Å²) in [5.41, 5.74) is 14.7. The Bertz CT molecular complexity index is 2560. The molecule has 0 aromatic heterocycles. The third-order valence-electron chi connectivity index (χ3n) is 12.3. The standard InChI is InChI=1S/C56H58N4O11/c57-60-59-32-46-48(65-34-40-21-9-2-10-22-40)49(66-35-41-23-11-3-12-24-41)51(68-37-43-27-15-5-16-28-43)53(70-46)55(61)58-31-45-47(64-33-39-19-7-1-8-20-39)50(67-36-42-25-13-4-14-26-42)52(54(71-45)56(62)63)69-38-44-29-17-6-18-30-44/h1-30,45-54H,31-38H2,(H,58,61)(H,62,63)/t45-,46-,47-,48-,49+,50+,51-,52-,53-,54-/m1/s1. The normalized spacial score (nSPS) is 24.1. The van der Waals surface area contributed by atoms with E-state index in [0.29, 0.717) is 0 Å². The van der Waals surface area contributed by atoms with Gasteiger partial charge in [0.2, 0.25) is 0 Å². The maximum absolute atomic E-state index is 15.0. The zero-order chi connectivity index (χ0) is 49.0. The predicted octanol–water partition coefficient (Wildman–Crippen LogP) is 8.54. The molecule has 10 atom stereocenters. The van der Waals surface area contributed by atoms with Gasteiger partial charge in [-0.2, -0.15) is 0 Å². The van der Waals surface area contributed by atoms with Crippen molar-refractivity contribution in [2.75, 3.05) is 13.1 Å². The molecule has 2 N–H and O–H groups in total. The summed E-state index contributed by atoms with van der Waals surface area (Å²) in [6, 6.07) is 57.1. The summed E-state index contributed by atoms with van der Waals surface area (Å²) in [5.74, 6) is -1.90. The lowest BCUT2D eigenvalue weighted by atomic mass is 9.92. The molecule has 0 aliphatic carbocycles. The van der Waals surface area contributed by atoms with Crippen LogP contribution < -0.4 is 5.32 Å². The fourth-order valence-electron chi connectivity index (χ4n) is 8.72. The number of azide groups is 1. The molecule has 2 saturated heterocycles. The molecule has 15 heteroatoms. The molecule has 0 radical (unpaired) electrons. The third-order valence-corrected chi connectivity index (χ3v) is 12.3. The summed E-state index contributed by atoms with van der Waals surface area (Å²) >= 11 is 0. The van der Waals surface area contributed by atoms with Crippen molar-refractivity contribution in [2.24, 2.45) is 5.11 Å². The van der Waals surface area contributed by atoms with Gasteiger partial charge in [-0.3, -0.25) is 4.79 Å². The van der Waals surface area contributed by atoms with E-state index in [-0.39, 0.29) is 52.7 Å². The van der Waals surface area contributed by atoms with Crippen LogP contribution in [0.25, 0.3) is 10.4 Å². The number of hydrogen-bond donors (Lipinski definition) is 2. The fraction of sp³-hybridized carbons (Fsp3) is 0.321. The molecule has 0 unspecified atom stereocenters. The zero-order valence-electron chi connectivity index (χ0n) is 39.1. The van der Waals surface area contributed by atoms with Crippen LogP contribution in [0.15, 0.2) is 187 Å². The first kappa shape index (κ1) is 50.6. The average Bonchev–Trinajstić information content (AvgIpc) is 3.42. The van der Waals surface area contributed by atoms with E-state index in [1.165, 1.54) is 0 Å². The Morgan fingerprint density at radius 1 is 0.451 bits per heavy atom. The number of amides is 1. The number of carbonyl (C=O) groups excluding carboxylic acids is 1. The number of aliphatic carboxylic acids is 1. The highest BCUT2D eigenvalue weighted by Crippen LogP contribution is 2.33. The number of carboxylic acid groups (broad SMARTS) is 1. The lowest BCUT2D eigenvalue weighted by Crippen LogP contribution is -2.66. The first-order valence-corrected chi connectivity index (χ1v) is 23.7. The van der Waals surface area contributed by atoms with Gasteiger partial charge in [-0.25, -0.2) is 4.79 Å². The molecule has 0 spiro atoms. The highest BCUT2D eigenvalue weighted by molar-refractivity contribution is 5.82. The van der Waals surface area contributed by atoms with Gasteiger partial charge in [0.25, 0.3) is 5.91 Å². The largest absolute Gasteiger partial charge is 0.479 e. The summed E-state index contributed by atoms with van der Waals surface area (Å²) in [5, 5.41) is 17.7. The summed E-state index contributed by atoms with van der Waals surface area (Å²) in [7, 11) is 0. The predicted molar refractivity (Wildman–Crippen MR) is 262 cm³/mol. The van der Waals surface area contributed by atoms with Crippen molar-refractivity contribution in [3.8, 4) is 0 Å². The molecular weight excluding hydrogens is 905 g/mol. The minimum absolute atomic E-state index is 0.0701. The van der Waals surface area contributed by atoms with Gasteiger partial charge in [-0.05, 0) is 38.9 Å². The molecule has 71 heavy (non-hydrogen) atoms. The van der Waals surface area contributed by atoms with Crippen LogP contribution >= 0.6 is 0 Å². The number of hydrogen-bond acceptors (Lipinski definition) is 11. The van der Waals surface area contributed by atoms with E-state index in [2.05, 4.69) is 15.3 Å². The van der Waals surface area contributed by atoms with Gasteiger partial charge in [0.1, 0.15) is 42.7 Å². The molecule has 2 heterocycles. The lowest BCUT2D eigenvalue weighted by Gasteiger charge is -2.46. The number of nitrogens with one attached hydrogen (secondary N) is 1. The number of rotatable bonds is 24. The molecule has 8 rings (SSSR count). The van der Waals surface area contributed by atoms with Crippen LogP contribution in [0.4, 0.5) is 0 Å². The van der Waals surface area contributed by atoms with Crippen LogP contribution in [0.1, 0.15) is 33.4 Å². The molecule has 2 aliphatic heterocycles. The molecule has 15 nitrogen and oxygen atoms in total. The van der Waals surface area contributed by atoms with Crippen LogP contribution in [0.5, 0.6) is 0 Å². The second-order valence-corrected chi connectivity index (χ2v) is 17.3. The van der Waals surface area contributed by atoms with Crippen LogP contribution in [-0.4, -0.2) is 91.1 Å². The highest BCUT2D eigenvalue weighted by Gasteiger charge is 2.53. The van der Waals surface area contributed by atoms with E-state index in [1.807, 2.05) is 182 Å². The molecular formula is C56H58N4O11. The van der Waals surface area contributed by atoms with Gasteiger partial charge in [0, 0.05) is 11.5 Å². The molecule has 2 fully saturated rings. The van der Waals surface area contributed by atoms with Gasteiger partial charge in [0.05, 0.1) is 52.3 Å². The summed E-state index contributed by atoms with van der Waals surface area (Å²) < 4.78 is 53.0. The van der Waals surface area contributed by atoms with Crippen molar-refractivity contribution in [2.45, 2.75) is 101 Å². The number of ether oxygens (including phenoxy) is 8. The van der Waals surface area contributed by atoms with E-state index in [0.717, 1.165) is 33.4 Å². The number of nitrogens with zero attached hydrogens (tertiary/aromatic N) is 3. The van der Waals surface area contributed by atoms with Gasteiger partial charge in [-0.15, -0.1) is 0 Å². The number of carbonyl (C=O) groups is 2. The Kier molecular flexibility index (Phi) is 18.9. The lowest BCUT2D eigenvalue weighted by molar-refractivity contribution is -0.265. The zero-order valence-corrected chi connectivity index (χ0v) is 39.1. The van der Waals surface area contributed by atoms with Crippen molar-refractivity contribution < 1.29 is 52.6 Å². The van der Waals surface area contributed by atoms with Crippen LogP contribution in [-0.2, 0) is 87.1 Å². The molecule has 0 saturated carbocycles. The van der Waals surface area contributed by atoms with E-state index in [9.17, 15) is 15.4 Å². The molecule has 6 aromatic rings. The SMILES string of the molecule is [N-]=[N+]=NC[C@H]1O[C@@H](C(=O)NC[C@H]2O[C@@H](C(=O)O)[C@H](OCc3ccccc3)[C@@H](OCc3ccccc3)[C@@H]2OCc2ccccc2)[C@H](OCc2ccccc2)[C@@H](OCc2ccccc2)[C@@H]1OCc1ccccc1. The minimum atomic E-state index is -1.53. The van der Waals surface area contributed by atoms with E-state index in [1.54, 1.807) is 0 Å². The first-order valence-electron chi connectivity index (χ1n) is 23.7. The van der Waals surface area contributed by atoms with E-state index in [4.69, 9.17) is 37.9 Å². The maximum Gasteiger partial charge on any atom is 0.335 e. The summed E-state index contributed by atoms with van der Waals surface area (Å²) in [6.07, 6.45) is -10.9. The van der Waals surface area contributed by atoms with Gasteiger partial charge in [-0.1, -0.05) is 187 Å². The Morgan fingerprint density at radius 2 is 0.746 bits per heavy atom. The van der Waals surface area contributed by atoms with Gasteiger partial charge >= 0.3 is 5.97 Å². The Balaban J connectivity index is 1.11. The monoisotopic (exact) mass is 962 g/mol. The first-order chi connectivity index (χ1) is 34.9.